The fraction of sp³-hybridized carbons (Fsp3) is 0. The minimum atomic E-state index is 1.07. The first-order valence-corrected chi connectivity index (χ1v) is 24.7. The van der Waals surface area contributed by atoms with Gasteiger partial charge in [-0.3, -0.25) is 0 Å². The summed E-state index contributed by atoms with van der Waals surface area (Å²) in [6.45, 7) is 0. The Balaban J connectivity index is 0.937. The highest BCUT2D eigenvalue weighted by atomic mass is 15.1. The SMILES string of the molecule is c1ccc(-c2ccccc2-c2c(-c3ccccc3)cccc2-c2ccc(N(c3ccc(-c4ccc5ccccc5c4)cc3)c3cccc(-c4ccc5c(c4)c4ccccc4n5-c4ccccc4)c3)cc2)cc1. The highest BCUT2D eigenvalue weighted by molar-refractivity contribution is 6.10. The van der Waals surface area contributed by atoms with E-state index in [0.29, 0.717) is 0 Å². The summed E-state index contributed by atoms with van der Waals surface area (Å²) in [4.78, 5) is 2.39. The highest BCUT2D eigenvalue weighted by Crippen LogP contribution is 2.46. The van der Waals surface area contributed by atoms with Crippen molar-refractivity contribution in [2.45, 2.75) is 0 Å². The molecule has 2 nitrogen and oxygen atoms in total. The van der Waals surface area contributed by atoms with Gasteiger partial charge in [-0.1, -0.05) is 218 Å². The lowest BCUT2D eigenvalue weighted by Crippen LogP contribution is -2.10. The van der Waals surface area contributed by atoms with Crippen molar-refractivity contribution >= 4 is 49.6 Å². The van der Waals surface area contributed by atoms with E-state index < -0.39 is 0 Å². The molecule has 0 spiro atoms. The van der Waals surface area contributed by atoms with Gasteiger partial charge in [0.2, 0.25) is 0 Å². The van der Waals surface area contributed by atoms with Crippen molar-refractivity contribution in [2.75, 3.05) is 4.90 Å². The second-order valence-electron chi connectivity index (χ2n) is 18.5. The summed E-state index contributed by atoms with van der Waals surface area (Å²) >= 11 is 0. The van der Waals surface area contributed by atoms with Gasteiger partial charge in [0.1, 0.15) is 0 Å². The summed E-state index contributed by atoms with van der Waals surface area (Å²) in [6, 6.07) is 106. The Morgan fingerprint density at radius 3 is 1.43 bits per heavy atom. The zero-order valence-electron chi connectivity index (χ0n) is 39.6. The zero-order chi connectivity index (χ0) is 47.8. The summed E-state index contributed by atoms with van der Waals surface area (Å²) < 4.78 is 2.38. The van der Waals surface area contributed by atoms with Crippen molar-refractivity contribution in [1.82, 2.24) is 4.57 Å². The van der Waals surface area contributed by atoms with Gasteiger partial charge < -0.3 is 9.47 Å². The van der Waals surface area contributed by atoms with Gasteiger partial charge >= 0.3 is 0 Å². The Bertz CT molecular complexity index is 4060. The molecule has 0 saturated heterocycles. The molecule has 72 heavy (non-hydrogen) atoms. The normalized spacial score (nSPS) is 11.3. The number of fused-ring (bicyclic) bond motifs is 4. The summed E-state index contributed by atoms with van der Waals surface area (Å²) in [5, 5.41) is 4.95. The van der Waals surface area contributed by atoms with Gasteiger partial charge in [0.15, 0.2) is 0 Å². The van der Waals surface area contributed by atoms with E-state index in [1.807, 2.05) is 0 Å². The Morgan fingerprint density at radius 1 is 0.236 bits per heavy atom. The van der Waals surface area contributed by atoms with E-state index in [1.165, 1.54) is 88.2 Å². The molecule has 0 amide bonds. The summed E-state index contributed by atoms with van der Waals surface area (Å²) in [7, 11) is 0. The van der Waals surface area contributed by atoms with E-state index >= 15 is 0 Å². The van der Waals surface area contributed by atoms with Crippen LogP contribution in [-0.2, 0) is 0 Å². The van der Waals surface area contributed by atoms with Crippen LogP contribution in [0.2, 0.25) is 0 Å². The minimum absolute atomic E-state index is 1.07. The molecule has 1 aromatic heterocycles. The standard InChI is InChI=1S/C70H48N2/c1-4-19-51(20-5-1)62-28-12-13-30-66(62)70-63(52-21-6-2-7-22-52)31-17-32-64(70)53-38-43-60(44-39-53)71(59-41-36-50(37-42-59)56-35-34-49-18-10-11-23-54(49)46-56)61-27-16-24-55(47-61)57-40-45-69-67(48-57)65-29-14-15-33-68(65)72(69)58-25-8-3-9-26-58/h1-48H. The van der Waals surface area contributed by atoms with Crippen LogP contribution in [0.4, 0.5) is 17.1 Å². The average Bonchev–Trinajstić information content (AvgIpc) is 3.80. The molecule has 0 fully saturated rings. The number of hydrogen-bond acceptors (Lipinski definition) is 1. The van der Waals surface area contributed by atoms with Crippen molar-refractivity contribution in [2.24, 2.45) is 0 Å². The van der Waals surface area contributed by atoms with Gasteiger partial charge in [-0.25, -0.2) is 0 Å². The van der Waals surface area contributed by atoms with Gasteiger partial charge in [0, 0.05) is 33.5 Å². The monoisotopic (exact) mass is 916 g/mol. The second kappa shape index (κ2) is 18.4. The van der Waals surface area contributed by atoms with Crippen molar-refractivity contribution in [1.29, 1.82) is 0 Å². The fourth-order valence-electron chi connectivity index (χ4n) is 10.8. The highest BCUT2D eigenvalue weighted by Gasteiger charge is 2.20. The number of hydrogen-bond donors (Lipinski definition) is 0. The lowest BCUT2D eigenvalue weighted by atomic mass is 9.84. The first-order chi connectivity index (χ1) is 35.7. The molecule has 0 bridgehead atoms. The third kappa shape index (κ3) is 7.82. The van der Waals surface area contributed by atoms with Crippen LogP contribution < -0.4 is 4.90 Å². The molecule has 0 aliphatic rings. The topological polar surface area (TPSA) is 8.17 Å². The van der Waals surface area contributed by atoms with E-state index in [4.69, 9.17) is 0 Å². The first-order valence-electron chi connectivity index (χ1n) is 24.7. The van der Waals surface area contributed by atoms with Crippen LogP contribution in [0.3, 0.4) is 0 Å². The average molecular weight is 917 g/mol. The smallest absolute Gasteiger partial charge is 0.0541 e. The molecular weight excluding hydrogens is 869 g/mol. The Morgan fingerprint density at radius 2 is 0.708 bits per heavy atom. The predicted octanol–water partition coefficient (Wildman–Crippen LogP) is 19.4. The number of anilines is 3. The number of aromatic nitrogens is 1. The van der Waals surface area contributed by atoms with E-state index in [0.717, 1.165) is 33.9 Å². The van der Waals surface area contributed by atoms with Crippen LogP contribution >= 0.6 is 0 Å². The van der Waals surface area contributed by atoms with Crippen LogP contribution in [0.25, 0.3) is 105 Å². The van der Waals surface area contributed by atoms with Crippen LogP contribution in [-0.4, -0.2) is 4.57 Å². The number of benzene rings is 12. The van der Waals surface area contributed by atoms with Gasteiger partial charge in [-0.05, 0) is 150 Å². The van der Waals surface area contributed by atoms with Gasteiger partial charge in [-0.2, -0.15) is 0 Å². The van der Waals surface area contributed by atoms with Gasteiger partial charge in [-0.15, -0.1) is 0 Å². The first kappa shape index (κ1) is 42.6. The van der Waals surface area contributed by atoms with Crippen molar-refractivity contribution in [3.05, 3.63) is 291 Å². The van der Waals surface area contributed by atoms with Crippen molar-refractivity contribution in [3.63, 3.8) is 0 Å². The molecule has 13 aromatic rings. The minimum Gasteiger partial charge on any atom is -0.310 e. The van der Waals surface area contributed by atoms with Gasteiger partial charge in [0.25, 0.3) is 0 Å². The fourth-order valence-corrected chi connectivity index (χ4v) is 10.8. The zero-order valence-corrected chi connectivity index (χ0v) is 39.6. The summed E-state index contributed by atoms with van der Waals surface area (Å²) in [5.74, 6) is 0. The number of nitrogens with zero attached hydrogens (tertiary/aromatic N) is 2. The van der Waals surface area contributed by atoms with E-state index in [1.54, 1.807) is 0 Å². The Labute approximate surface area is 420 Å². The Kier molecular flexibility index (Phi) is 10.9. The number of para-hydroxylation sites is 2. The molecule has 0 aliphatic heterocycles. The van der Waals surface area contributed by atoms with E-state index in [9.17, 15) is 0 Å². The van der Waals surface area contributed by atoms with Crippen molar-refractivity contribution < 1.29 is 0 Å². The number of rotatable bonds is 10. The largest absolute Gasteiger partial charge is 0.310 e. The van der Waals surface area contributed by atoms with Crippen LogP contribution in [0.15, 0.2) is 291 Å². The molecule has 13 rings (SSSR count). The molecule has 2 heteroatoms. The summed E-state index contributed by atoms with van der Waals surface area (Å²) in [5.41, 5.74) is 21.0. The molecule has 338 valence electrons. The maximum absolute atomic E-state index is 2.39. The van der Waals surface area contributed by atoms with Crippen LogP contribution in [0, 0.1) is 0 Å². The molecular formula is C70H48N2. The maximum atomic E-state index is 2.39. The third-order valence-corrected chi connectivity index (χ3v) is 14.2. The quantitative estimate of drug-likeness (QED) is 0.133. The second-order valence-corrected chi connectivity index (χ2v) is 18.5. The molecule has 0 saturated carbocycles. The Hall–Kier alpha value is -9.50. The third-order valence-electron chi connectivity index (χ3n) is 14.2. The van der Waals surface area contributed by atoms with E-state index in [2.05, 4.69) is 301 Å². The summed E-state index contributed by atoms with van der Waals surface area (Å²) in [6.07, 6.45) is 0. The van der Waals surface area contributed by atoms with Gasteiger partial charge in [0.05, 0.1) is 11.0 Å². The molecule has 0 unspecified atom stereocenters. The molecule has 0 atom stereocenters. The lowest BCUT2D eigenvalue weighted by Gasteiger charge is -2.27. The molecule has 12 aromatic carbocycles. The van der Waals surface area contributed by atoms with Crippen LogP contribution in [0.1, 0.15) is 0 Å². The lowest BCUT2D eigenvalue weighted by molar-refractivity contribution is 1.18. The van der Waals surface area contributed by atoms with Crippen LogP contribution in [0.5, 0.6) is 0 Å². The van der Waals surface area contributed by atoms with Crippen molar-refractivity contribution in [3.8, 4) is 72.4 Å². The van der Waals surface area contributed by atoms with E-state index in [-0.39, 0.29) is 0 Å². The maximum Gasteiger partial charge on any atom is 0.0541 e. The molecule has 0 radical (unpaired) electrons. The molecule has 0 N–H and O–H groups in total. The predicted molar refractivity (Wildman–Crippen MR) is 306 cm³/mol. The molecule has 1 heterocycles. The molecule has 0 aliphatic carbocycles.